The summed E-state index contributed by atoms with van der Waals surface area (Å²) in [6, 6.07) is 9.58. The van der Waals surface area contributed by atoms with Crippen LogP contribution in [-0.4, -0.2) is 24.4 Å². The van der Waals surface area contributed by atoms with Crippen molar-refractivity contribution in [1.29, 1.82) is 0 Å². The fourth-order valence-electron chi connectivity index (χ4n) is 1.67. The van der Waals surface area contributed by atoms with Gasteiger partial charge in [0.2, 0.25) is 11.8 Å². The number of benzene rings is 1. The molecule has 2 unspecified atom stereocenters. The van der Waals surface area contributed by atoms with Crippen molar-refractivity contribution in [3.63, 3.8) is 0 Å². The van der Waals surface area contributed by atoms with E-state index in [0.717, 1.165) is 12.0 Å². The highest BCUT2D eigenvalue weighted by Gasteiger charge is 2.39. The van der Waals surface area contributed by atoms with Gasteiger partial charge in [-0.1, -0.05) is 30.3 Å². The standard InChI is InChI=1S/C13H17N3O2/c14-11-6-10(11)13(18)16-8-12(17)15-7-9-4-2-1-3-5-9/h1-5,10-11H,6-8,14H2,(H,15,17)(H,16,18). The monoisotopic (exact) mass is 247 g/mol. The molecule has 5 heteroatoms. The minimum atomic E-state index is -0.193. The smallest absolute Gasteiger partial charge is 0.239 e. The van der Waals surface area contributed by atoms with Gasteiger partial charge in [-0.3, -0.25) is 9.59 Å². The van der Waals surface area contributed by atoms with Crippen molar-refractivity contribution in [3.8, 4) is 0 Å². The lowest BCUT2D eigenvalue weighted by Gasteiger charge is -2.06. The van der Waals surface area contributed by atoms with Crippen LogP contribution < -0.4 is 16.4 Å². The average Bonchev–Trinajstić information content (AvgIpc) is 3.12. The Labute approximate surface area is 106 Å². The number of nitrogens with two attached hydrogens (primary N) is 1. The fourth-order valence-corrected chi connectivity index (χ4v) is 1.67. The van der Waals surface area contributed by atoms with Gasteiger partial charge < -0.3 is 16.4 Å². The molecule has 0 radical (unpaired) electrons. The van der Waals surface area contributed by atoms with E-state index in [1.54, 1.807) is 0 Å². The van der Waals surface area contributed by atoms with Crippen molar-refractivity contribution in [3.05, 3.63) is 35.9 Å². The summed E-state index contributed by atoms with van der Waals surface area (Å²) in [7, 11) is 0. The summed E-state index contributed by atoms with van der Waals surface area (Å²) < 4.78 is 0. The second kappa shape index (κ2) is 5.64. The molecule has 0 aromatic heterocycles. The van der Waals surface area contributed by atoms with Crippen LogP contribution in [0.1, 0.15) is 12.0 Å². The molecule has 0 bridgehead atoms. The summed E-state index contributed by atoms with van der Waals surface area (Å²) in [6.07, 6.45) is 0.720. The molecule has 5 nitrogen and oxygen atoms in total. The van der Waals surface area contributed by atoms with E-state index >= 15 is 0 Å². The lowest BCUT2D eigenvalue weighted by Crippen LogP contribution is -2.38. The molecule has 1 aromatic rings. The Morgan fingerprint density at radius 2 is 1.89 bits per heavy atom. The normalized spacial score (nSPS) is 21.2. The predicted molar refractivity (Wildman–Crippen MR) is 67.4 cm³/mol. The molecule has 2 atom stereocenters. The fraction of sp³-hybridized carbons (Fsp3) is 0.385. The van der Waals surface area contributed by atoms with E-state index in [-0.39, 0.29) is 30.3 Å². The van der Waals surface area contributed by atoms with Gasteiger partial charge in [-0.15, -0.1) is 0 Å². The van der Waals surface area contributed by atoms with Crippen molar-refractivity contribution in [2.45, 2.75) is 19.0 Å². The number of amides is 2. The third-order valence-electron chi connectivity index (χ3n) is 2.93. The van der Waals surface area contributed by atoms with E-state index in [1.807, 2.05) is 30.3 Å². The molecule has 4 N–H and O–H groups in total. The zero-order valence-corrected chi connectivity index (χ0v) is 10.1. The Morgan fingerprint density at radius 1 is 1.22 bits per heavy atom. The first-order valence-electron chi connectivity index (χ1n) is 6.00. The number of hydrogen-bond acceptors (Lipinski definition) is 3. The number of nitrogens with one attached hydrogen (secondary N) is 2. The van der Waals surface area contributed by atoms with Crippen LogP contribution in [0, 0.1) is 5.92 Å². The number of carbonyl (C=O) groups excluding carboxylic acids is 2. The van der Waals surface area contributed by atoms with Gasteiger partial charge in [-0.05, 0) is 12.0 Å². The van der Waals surface area contributed by atoms with Crippen LogP contribution in [0.4, 0.5) is 0 Å². The molecule has 0 saturated heterocycles. The minimum absolute atomic E-state index is 0.00882. The molecular weight excluding hydrogens is 230 g/mol. The van der Waals surface area contributed by atoms with Gasteiger partial charge in [0.25, 0.3) is 0 Å². The van der Waals surface area contributed by atoms with E-state index in [2.05, 4.69) is 10.6 Å². The van der Waals surface area contributed by atoms with Crippen LogP contribution in [0.15, 0.2) is 30.3 Å². The van der Waals surface area contributed by atoms with Crippen molar-refractivity contribution in [2.75, 3.05) is 6.54 Å². The van der Waals surface area contributed by atoms with Crippen LogP contribution in [0.25, 0.3) is 0 Å². The second-order valence-electron chi connectivity index (χ2n) is 4.49. The van der Waals surface area contributed by atoms with Gasteiger partial charge in [0.1, 0.15) is 0 Å². The van der Waals surface area contributed by atoms with Crippen molar-refractivity contribution < 1.29 is 9.59 Å². The summed E-state index contributed by atoms with van der Waals surface area (Å²) in [5.41, 5.74) is 6.58. The average molecular weight is 247 g/mol. The van der Waals surface area contributed by atoms with Gasteiger partial charge in [0, 0.05) is 12.6 Å². The van der Waals surface area contributed by atoms with Crippen LogP contribution >= 0.6 is 0 Å². The lowest BCUT2D eigenvalue weighted by molar-refractivity contribution is -0.126. The van der Waals surface area contributed by atoms with Gasteiger partial charge in [0.05, 0.1) is 12.5 Å². The van der Waals surface area contributed by atoms with E-state index < -0.39 is 0 Å². The van der Waals surface area contributed by atoms with Crippen molar-refractivity contribution in [2.24, 2.45) is 11.7 Å². The third kappa shape index (κ3) is 3.56. The summed E-state index contributed by atoms with van der Waals surface area (Å²) in [4.78, 5) is 22.9. The van der Waals surface area contributed by atoms with Gasteiger partial charge in [0.15, 0.2) is 0 Å². The van der Waals surface area contributed by atoms with Crippen molar-refractivity contribution >= 4 is 11.8 Å². The molecule has 2 amide bonds. The largest absolute Gasteiger partial charge is 0.350 e. The first kappa shape index (κ1) is 12.6. The summed E-state index contributed by atoms with van der Waals surface area (Å²) >= 11 is 0. The predicted octanol–water partition coefficient (Wildman–Crippen LogP) is -0.234. The molecule has 96 valence electrons. The molecule has 2 rings (SSSR count). The summed E-state index contributed by atoms with van der Waals surface area (Å²) in [6.45, 7) is 0.480. The highest BCUT2D eigenvalue weighted by atomic mass is 16.2. The third-order valence-corrected chi connectivity index (χ3v) is 2.93. The quantitative estimate of drug-likeness (QED) is 0.671. The topological polar surface area (TPSA) is 84.2 Å². The van der Waals surface area contributed by atoms with Crippen LogP contribution in [0.2, 0.25) is 0 Å². The van der Waals surface area contributed by atoms with Crippen LogP contribution in [0.5, 0.6) is 0 Å². The van der Waals surface area contributed by atoms with Crippen LogP contribution in [0.3, 0.4) is 0 Å². The molecular formula is C13H17N3O2. The number of carbonyl (C=O) groups is 2. The van der Waals surface area contributed by atoms with Crippen molar-refractivity contribution in [1.82, 2.24) is 10.6 Å². The summed E-state index contributed by atoms with van der Waals surface area (Å²) in [5, 5.41) is 5.32. The maximum atomic E-state index is 11.5. The molecule has 1 saturated carbocycles. The van der Waals surface area contributed by atoms with Crippen LogP contribution in [-0.2, 0) is 16.1 Å². The lowest BCUT2D eigenvalue weighted by atomic mass is 10.2. The minimum Gasteiger partial charge on any atom is -0.350 e. The molecule has 1 aliphatic carbocycles. The second-order valence-corrected chi connectivity index (χ2v) is 4.49. The molecule has 0 aliphatic heterocycles. The molecule has 0 spiro atoms. The zero-order chi connectivity index (χ0) is 13.0. The molecule has 1 aliphatic rings. The molecule has 18 heavy (non-hydrogen) atoms. The molecule has 1 aromatic carbocycles. The maximum Gasteiger partial charge on any atom is 0.239 e. The summed E-state index contributed by atoms with van der Waals surface area (Å²) in [5.74, 6) is -0.425. The Hall–Kier alpha value is -1.88. The maximum absolute atomic E-state index is 11.5. The Bertz CT molecular complexity index is 433. The van der Waals surface area contributed by atoms with E-state index in [1.165, 1.54) is 0 Å². The van der Waals surface area contributed by atoms with E-state index in [9.17, 15) is 9.59 Å². The Morgan fingerprint density at radius 3 is 2.50 bits per heavy atom. The van der Waals surface area contributed by atoms with Gasteiger partial charge in [-0.25, -0.2) is 0 Å². The number of rotatable bonds is 5. The SMILES string of the molecule is NC1CC1C(=O)NCC(=O)NCc1ccccc1. The van der Waals surface area contributed by atoms with Gasteiger partial charge >= 0.3 is 0 Å². The van der Waals surface area contributed by atoms with Gasteiger partial charge in [-0.2, -0.15) is 0 Å². The first-order valence-corrected chi connectivity index (χ1v) is 6.00. The Balaban J connectivity index is 1.65. The molecule has 1 fully saturated rings. The Kier molecular flexibility index (Phi) is 3.94. The first-order chi connectivity index (χ1) is 8.66. The highest BCUT2D eigenvalue weighted by Crippen LogP contribution is 2.27. The van der Waals surface area contributed by atoms with E-state index in [4.69, 9.17) is 5.73 Å². The van der Waals surface area contributed by atoms with E-state index in [0.29, 0.717) is 6.54 Å². The number of hydrogen-bond donors (Lipinski definition) is 3. The molecule has 0 heterocycles. The highest BCUT2D eigenvalue weighted by molar-refractivity contribution is 5.87. The zero-order valence-electron chi connectivity index (χ0n) is 10.1.